The highest BCUT2D eigenvalue weighted by atomic mass is 31.2. The minimum absolute atomic E-state index is 0.417. The van der Waals surface area contributed by atoms with E-state index in [2.05, 4.69) is 13.1 Å². The fourth-order valence-corrected chi connectivity index (χ4v) is 1.00. The molecule has 0 fully saturated rings. The highest BCUT2D eigenvalue weighted by Crippen LogP contribution is 2.20. The van der Waals surface area contributed by atoms with E-state index >= 15 is 0 Å². The lowest BCUT2D eigenvalue weighted by Gasteiger charge is -1.98. The predicted molar refractivity (Wildman–Crippen MR) is 57.7 cm³/mol. The lowest BCUT2D eigenvalue weighted by molar-refractivity contribution is 0.497. The highest BCUT2D eigenvalue weighted by Gasteiger charge is 1.98. The van der Waals surface area contributed by atoms with Crippen molar-refractivity contribution < 1.29 is 9.79 Å². The van der Waals surface area contributed by atoms with Crippen LogP contribution in [0.4, 0.5) is 0 Å². The van der Waals surface area contributed by atoms with Crippen molar-refractivity contribution in [1.29, 1.82) is 0 Å². The Balaban J connectivity index is 0.000000354. The maximum atomic E-state index is 8.64. The van der Waals surface area contributed by atoms with Crippen LogP contribution in [0.1, 0.15) is 0 Å². The molecule has 0 unspecified atom stereocenters. The average Bonchev–Trinajstić information content (AvgIpc) is 2.07. The largest absolute Gasteiger partial charge is 0.347 e. The molecule has 0 aromatic heterocycles. The molecular formula is C8H15O2PSi. The van der Waals surface area contributed by atoms with E-state index in [1.54, 1.807) is 24.3 Å². The van der Waals surface area contributed by atoms with Gasteiger partial charge in [-0.2, -0.15) is 0 Å². The summed E-state index contributed by atoms with van der Waals surface area (Å²) in [6.07, 6.45) is 0. The summed E-state index contributed by atoms with van der Waals surface area (Å²) in [6.45, 7) is 4.53. The van der Waals surface area contributed by atoms with Crippen molar-refractivity contribution in [3.63, 3.8) is 0 Å². The topological polar surface area (TPSA) is 40.5 Å². The molecule has 12 heavy (non-hydrogen) atoms. The van der Waals surface area contributed by atoms with Gasteiger partial charge in [0.1, 0.15) is 0 Å². The van der Waals surface area contributed by atoms with Gasteiger partial charge in [0.05, 0.1) is 0 Å². The molecule has 0 aliphatic carbocycles. The Morgan fingerprint density at radius 3 is 1.75 bits per heavy atom. The Kier molecular flexibility index (Phi) is 7.30. The van der Waals surface area contributed by atoms with E-state index < -0.39 is 8.38 Å². The first kappa shape index (κ1) is 11.8. The van der Waals surface area contributed by atoms with E-state index in [1.807, 2.05) is 6.07 Å². The number of hydrogen-bond acceptors (Lipinski definition) is 2. The molecule has 0 saturated heterocycles. The lowest BCUT2D eigenvalue weighted by atomic mass is 10.4. The van der Waals surface area contributed by atoms with Crippen molar-refractivity contribution in [1.82, 2.24) is 0 Å². The van der Waals surface area contributed by atoms with Crippen molar-refractivity contribution in [2.24, 2.45) is 0 Å². The van der Waals surface area contributed by atoms with Crippen LogP contribution in [0.25, 0.3) is 0 Å². The molecule has 2 N–H and O–H groups in total. The van der Waals surface area contributed by atoms with Crippen LogP contribution in [0.2, 0.25) is 13.1 Å². The van der Waals surface area contributed by atoms with E-state index in [-0.39, 0.29) is 0 Å². The zero-order chi connectivity index (χ0) is 9.40. The standard InChI is InChI=1S/C6H7O2P.C2H8Si/c7-9(8)6-4-2-1-3-5-6;1-3-2/h1-5,7-8H;3H2,1-2H3. The van der Waals surface area contributed by atoms with Gasteiger partial charge in [-0.15, -0.1) is 0 Å². The van der Waals surface area contributed by atoms with Crippen molar-refractivity contribution >= 4 is 23.2 Å². The van der Waals surface area contributed by atoms with Gasteiger partial charge in [-0.1, -0.05) is 31.3 Å². The van der Waals surface area contributed by atoms with Gasteiger partial charge in [0, 0.05) is 14.8 Å². The van der Waals surface area contributed by atoms with E-state index in [0.29, 0.717) is 14.8 Å². The monoisotopic (exact) mass is 202 g/mol. The molecule has 1 aromatic rings. The summed E-state index contributed by atoms with van der Waals surface area (Å²) in [7, 11) is -1.48. The Morgan fingerprint density at radius 2 is 1.50 bits per heavy atom. The molecule has 0 aliphatic heterocycles. The first-order valence-electron chi connectivity index (χ1n) is 3.95. The molecule has 0 amide bonds. The van der Waals surface area contributed by atoms with Crippen molar-refractivity contribution in [3.8, 4) is 0 Å². The SMILES string of the molecule is C[SiH2]C.OP(O)c1ccccc1. The Morgan fingerprint density at radius 1 is 1.08 bits per heavy atom. The molecule has 2 nitrogen and oxygen atoms in total. The minimum Gasteiger partial charge on any atom is -0.347 e. The third-order valence-electron chi connectivity index (χ3n) is 0.987. The van der Waals surface area contributed by atoms with E-state index in [9.17, 15) is 0 Å². The van der Waals surface area contributed by atoms with Crippen LogP contribution < -0.4 is 5.30 Å². The van der Waals surface area contributed by atoms with Gasteiger partial charge in [0.15, 0.2) is 8.38 Å². The molecule has 0 bridgehead atoms. The Hall–Kier alpha value is -0.213. The summed E-state index contributed by atoms with van der Waals surface area (Å²) in [5, 5.41) is 0.590. The second kappa shape index (κ2) is 7.44. The third kappa shape index (κ3) is 5.44. The predicted octanol–water partition coefficient (Wildman–Crippen LogP) is 0.860. The zero-order valence-electron chi connectivity index (χ0n) is 7.44. The molecule has 0 saturated carbocycles. The summed E-state index contributed by atoms with van der Waals surface area (Å²) in [5.41, 5.74) is 0. The molecule has 0 radical (unpaired) electrons. The van der Waals surface area contributed by atoms with Crippen LogP contribution in [-0.2, 0) is 0 Å². The van der Waals surface area contributed by atoms with E-state index in [0.717, 1.165) is 0 Å². The van der Waals surface area contributed by atoms with Crippen LogP contribution in [-0.4, -0.2) is 19.3 Å². The average molecular weight is 202 g/mol. The zero-order valence-corrected chi connectivity index (χ0v) is 9.74. The Bertz CT molecular complexity index is 192. The normalized spacial score (nSPS) is 9.08. The number of rotatable bonds is 1. The molecule has 4 heteroatoms. The number of hydrogen-bond donors (Lipinski definition) is 2. The molecule has 0 spiro atoms. The minimum atomic E-state index is -1.90. The van der Waals surface area contributed by atoms with Gasteiger partial charge < -0.3 is 9.79 Å². The van der Waals surface area contributed by atoms with Gasteiger partial charge in [0.25, 0.3) is 0 Å². The smallest absolute Gasteiger partial charge is 0.199 e. The van der Waals surface area contributed by atoms with Crippen LogP contribution in [0.3, 0.4) is 0 Å². The first-order valence-corrected chi connectivity index (χ1v) is 8.02. The summed E-state index contributed by atoms with van der Waals surface area (Å²) in [4.78, 5) is 17.3. The second-order valence-electron chi connectivity index (χ2n) is 2.33. The van der Waals surface area contributed by atoms with Gasteiger partial charge in [-0.05, 0) is 12.1 Å². The fraction of sp³-hybridized carbons (Fsp3) is 0.250. The maximum absolute atomic E-state index is 8.64. The van der Waals surface area contributed by atoms with Gasteiger partial charge >= 0.3 is 0 Å². The summed E-state index contributed by atoms with van der Waals surface area (Å²) in [6, 6.07) is 8.76. The molecule has 0 atom stereocenters. The van der Waals surface area contributed by atoms with Crippen molar-refractivity contribution in [2.75, 3.05) is 0 Å². The van der Waals surface area contributed by atoms with Crippen LogP contribution in [0.15, 0.2) is 30.3 Å². The number of benzene rings is 1. The summed E-state index contributed by atoms with van der Waals surface area (Å²) in [5.74, 6) is 0. The highest BCUT2D eigenvalue weighted by molar-refractivity contribution is 7.53. The van der Waals surface area contributed by atoms with Crippen LogP contribution in [0.5, 0.6) is 0 Å². The molecule has 68 valence electrons. The second-order valence-corrected chi connectivity index (χ2v) is 4.84. The van der Waals surface area contributed by atoms with E-state index in [4.69, 9.17) is 9.79 Å². The van der Waals surface area contributed by atoms with Gasteiger partial charge in [-0.3, -0.25) is 0 Å². The van der Waals surface area contributed by atoms with Crippen LogP contribution >= 0.6 is 8.38 Å². The van der Waals surface area contributed by atoms with Gasteiger partial charge in [0.2, 0.25) is 0 Å². The Labute approximate surface area is 77.0 Å². The van der Waals surface area contributed by atoms with Crippen molar-refractivity contribution in [3.05, 3.63) is 30.3 Å². The fourth-order valence-electron chi connectivity index (χ4n) is 0.561. The molecular weight excluding hydrogens is 187 g/mol. The lowest BCUT2D eigenvalue weighted by Crippen LogP contribution is -1.96. The summed E-state index contributed by atoms with van der Waals surface area (Å²) >= 11 is 0. The van der Waals surface area contributed by atoms with Crippen molar-refractivity contribution in [2.45, 2.75) is 13.1 Å². The first-order chi connectivity index (χ1) is 5.72. The quantitative estimate of drug-likeness (QED) is 0.524. The molecule has 1 aromatic carbocycles. The molecule has 0 heterocycles. The van der Waals surface area contributed by atoms with E-state index in [1.165, 1.54) is 0 Å². The summed E-state index contributed by atoms with van der Waals surface area (Å²) < 4.78 is 0. The molecule has 0 aliphatic rings. The van der Waals surface area contributed by atoms with Gasteiger partial charge in [-0.25, -0.2) is 0 Å². The third-order valence-corrected chi connectivity index (χ3v) is 1.75. The van der Waals surface area contributed by atoms with Crippen LogP contribution in [0, 0.1) is 0 Å². The maximum Gasteiger partial charge on any atom is 0.199 e. The molecule has 1 rings (SSSR count).